The highest BCUT2D eigenvalue weighted by molar-refractivity contribution is 9.10. The molecule has 19 heavy (non-hydrogen) atoms. The Balaban J connectivity index is 1.81. The molecule has 0 aliphatic heterocycles. The van der Waals surface area contributed by atoms with Crippen LogP contribution in [0.25, 0.3) is 11.5 Å². The van der Waals surface area contributed by atoms with E-state index in [1.54, 1.807) is 17.3 Å². The molecule has 96 valence electrons. The molecule has 0 spiro atoms. The maximum Gasteiger partial charge on any atom is 0.226 e. The van der Waals surface area contributed by atoms with Crippen molar-refractivity contribution in [3.05, 3.63) is 52.8 Å². The Kier molecular flexibility index (Phi) is 3.16. The lowest BCUT2D eigenvalue weighted by molar-refractivity contribution is 0.569. The molecule has 0 aliphatic carbocycles. The molecule has 6 heteroatoms. The normalized spacial score (nSPS) is 10.8. The molecule has 0 fully saturated rings. The quantitative estimate of drug-likeness (QED) is 0.744. The Labute approximate surface area is 118 Å². The van der Waals surface area contributed by atoms with Crippen LogP contribution in [0.15, 0.2) is 45.7 Å². The third-order valence-corrected chi connectivity index (χ3v) is 3.15. The summed E-state index contributed by atoms with van der Waals surface area (Å²) in [6.45, 7) is 2.41. The minimum absolute atomic E-state index is 0.556. The Morgan fingerprint density at radius 1 is 1.26 bits per heavy atom. The summed E-state index contributed by atoms with van der Waals surface area (Å²) < 4.78 is 8.25. The smallest absolute Gasteiger partial charge is 0.226 e. The van der Waals surface area contributed by atoms with E-state index in [9.17, 15) is 0 Å². The topological polar surface area (TPSA) is 56.7 Å². The van der Waals surface area contributed by atoms with Gasteiger partial charge in [0.15, 0.2) is 0 Å². The molecule has 0 amide bonds. The van der Waals surface area contributed by atoms with Crippen molar-refractivity contribution in [2.45, 2.75) is 13.5 Å². The summed E-state index contributed by atoms with van der Waals surface area (Å²) in [7, 11) is 0. The summed E-state index contributed by atoms with van der Waals surface area (Å²) in [5.41, 5.74) is 1.77. The number of oxazole rings is 1. The molecule has 3 rings (SSSR count). The van der Waals surface area contributed by atoms with Crippen LogP contribution in [-0.4, -0.2) is 19.7 Å². The van der Waals surface area contributed by atoms with Gasteiger partial charge in [0.2, 0.25) is 5.89 Å². The van der Waals surface area contributed by atoms with E-state index in [2.05, 4.69) is 31.0 Å². The van der Waals surface area contributed by atoms with Crippen LogP contribution in [0.5, 0.6) is 0 Å². The third kappa shape index (κ3) is 2.73. The van der Waals surface area contributed by atoms with Crippen molar-refractivity contribution in [2.75, 3.05) is 0 Å². The number of rotatable bonds is 3. The molecule has 5 nitrogen and oxygen atoms in total. The Bertz CT molecular complexity index is 687. The monoisotopic (exact) mass is 318 g/mol. The zero-order chi connectivity index (χ0) is 13.2. The highest BCUT2D eigenvalue weighted by atomic mass is 79.9. The molecule has 1 aromatic carbocycles. The van der Waals surface area contributed by atoms with Crippen molar-refractivity contribution < 1.29 is 4.42 Å². The van der Waals surface area contributed by atoms with Crippen LogP contribution >= 0.6 is 15.9 Å². The van der Waals surface area contributed by atoms with E-state index in [-0.39, 0.29) is 0 Å². The van der Waals surface area contributed by atoms with Gasteiger partial charge in [0.25, 0.3) is 0 Å². The van der Waals surface area contributed by atoms with Crippen molar-refractivity contribution >= 4 is 15.9 Å². The molecule has 3 aromatic rings. The second kappa shape index (κ2) is 4.97. The minimum Gasteiger partial charge on any atom is -0.444 e. The summed E-state index contributed by atoms with van der Waals surface area (Å²) in [6.07, 6.45) is 3.33. The predicted octanol–water partition coefficient (Wildman–Crippen LogP) is 3.05. The van der Waals surface area contributed by atoms with Gasteiger partial charge in [-0.1, -0.05) is 15.9 Å². The van der Waals surface area contributed by atoms with Gasteiger partial charge >= 0.3 is 0 Å². The fourth-order valence-corrected chi connectivity index (χ4v) is 2.00. The van der Waals surface area contributed by atoms with Gasteiger partial charge in [-0.2, -0.15) is 5.10 Å². The van der Waals surface area contributed by atoms with Gasteiger partial charge in [-0.3, -0.25) is 0 Å². The fourth-order valence-electron chi connectivity index (χ4n) is 1.73. The van der Waals surface area contributed by atoms with Gasteiger partial charge in [-0.05, 0) is 31.2 Å². The number of halogens is 1. The average molecular weight is 319 g/mol. The van der Waals surface area contributed by atoms with E-state index in [0.717, 1.165) is 21.6 Å². The number of hydrogen-bond acceptors (Lipinski definition) is 4. The second-order valence-electron chi connectivity index (χ2n) is 4.14. The predicted molar refractivity (Wildman–Crippen MR) is 73.5 cm³/mol. The van der Waals surface area contributed by atoms with Crippen LogP contribution < -0.4 is 0 Å². The van der Waals surface area contributed by atoms with Crippen molar-refractivity contribution in [2.24, 2.45) is 0 Å². The Hall–Kier alpha value is -1.95. The van der Waals surface area contributed by atoms with Crippen molar-refractivity contribution in [3.63, 3.8) is 0 Å². The molecule has 0 bridgehead atoms. The molecule has 2 heterocycles. The first-order valence-electron chi connectivity index (χ1n) is 5.77. The number of nitrogens with zero attached hydrogens (tertiary/aromatic N) is 4. The minimum atomic E-state index is 0.556. The van der Waals surface area contributed by atoms with Crippen LogP contribution in [-0.2, 0) is 6.54 Å². The van der Waals surface area contributed by atoms with E-state index in [1.165, 1.54) is 0 Å². The fraction of sp³-hybridized carbons (Fsp3) is 0.154. The third-order valence-electron chi connectivity index (χ3n) is 2.62. The maximum absolute atomic E-state index is 5.48. The van der Waals surface area contributed by atoms with Gasteiger partial charge in [-0.15, -0.1) is 0 Å². The Morgan fingerprint density at radius 3 is 2.74 bits per heavy atom. The van der Waals surface area contributed by atoms with Gasteiger partial charge < -0.3 is 4.42 Å². The molecule has 0 saturated heterocycles. The maximum atomic E-state index is 5.48. The second-order valence-corrected chi connectivity index (χ2v) is 5.06. The molecular weight excluding hydrogens is 308 g/mol. The number of aryl methyl sites for hydroxylation is 1. The summed E-state index contributed by atoms with van der Waals surface area (Å²) in [4.78, 5) is 8.52. The molecule has 0 saturated carbocycles. The zero-order valence-corrected chi connectivity index (χ0v) is 11.8. The van der Waals surface area contributed by atoms with Gasteiger partial charge in [0.05, 0.1) is 6.54 Å². The van der Waals surface area contributed by atoms with Crippen LogP contribution in [0.4, 0.5) is 0 Å². The molecule has 0 N–H and O–H groups in total. The van der Waals surface area contributed by atoms with Crippen LogP contribution in [0.3, 0.4) is 0 Å². The lowest BCUT2D eigenvalue weighted by Gasteiger charge is -1.95. The highest BCUT2D eigenvalue weighted by Gasteiger charge is 2.07. The molecular formula is C13H11BrN4O. The molecule has 0 aliphatic rings. The number of aromatic nitrogens is 4. The number of hydrogen-bond donors (Lipinski definition) is 0. The average Bonchev–Trinajstić information content (AvgIpc) is 3.00. The lowest BCUT2D eigenvalue weighted by Crippen LogP contribution is -2.00. The SMILES string of the molecule is Cc1ncn(Cc2coc(-c3ccc(Br)cc3)n2)n1. The largest absolute Gasteiger partial charge is 0.444 e. The molecule has 0 radical (unpaired) electrons. The van der Waals surface area contributed by atoms with E-state index in [0.29, 0.717) is 12.4 Å². The van der Waals surface area contributed by atoms with Gasteiger partial charge in [0, 0.05) is 10.0 Å². The Morgan fingerprint density at radius 2 is 2.05 bits per heavy atom. The first kappa shape index (κ1) is 12.1. The van der Waals surface area contributed by atoms with Crippen LogP contribution in [0.1, 0.15) is 11.5 Å². The van der Waals surface area contributed by atoms with E-state index in [4.69, 9.17) is 4.42 Å². The molecule has 0 atom stereocenters. The van der Waals surface area contributed by atoms with Crippen molar-refractivity contribution in [3.8, 4) is 11.5 Å². The summed E-state index contributed by atoms with van der Waals surface area (Å²) in [6, 6.07) is 7.83. The van der Waals surface area contributed by atoms with Gasteiger partial charge in [-0.25, -0.2) is 14.6 Å². The van der Waals surface area contributed by atoms with Gasteiger partial charge in [0.1, 0.15) is 24.1 Å². The molecule has 0 unspecified atom stereocenters. The summed E-state index contributed by atoms with van der Waals surface area (Å²) >= 11 is 3.40. The zero-order valence-electron chi connectivity index (χ0n) is 10.2. The first-order valence-corrected chi connectivity index (χ1v) is 6.56. The summed E-state index contributed by atoms with van der Waals surface area (Å²) in [5.74, 6) is 1.36. The van der Waals surface area contributed by atoms with E-state index in [1.807, 2.05) is 31.2 Å². The first-order chi connectivity index (χ1) is 9.20. The standard InChI is InChI=1S/C13H11BrN4O/c1-9-15-8-18(17-9)6-12-7-19-13(16-12)10-2-4-11(14)5-3-10/h2-5,7-8H,6H2,1H3. The van der Waals surface area contributed by atoms with E-state index < -0.39 is 0 Å². The number of benzene rings is 1. The van der Waals surface area contributed by atoms with Crippen LogP contribution in [0.2, 0.25) is 0 Å². The highest BCUT2D eigenvalue weighted by Crippen LogP contribution is 2.21. The summed E-state index contributed by atoms with van der Waals surface area (Å²) in [5, 5.41) is 4.22. The van der Waals surface area contributed by atoms with Crippen molar-refractivity contribution in [1.82, 2.24) is 19.7 Å². The van der Waals surface area contributed by atoms with Crippen LogP contribution in [0, 0.1) is 6.92 Å². The lowest BCUT2D eigenvalue weighted by atomic mass is 10.2. The van der Waals surface area contributed by atoms with Crippen molar-refractivity contribution in [1.29, 1.82) is 0 Å². The molecule has 2 aromatic heterocycles. The van der Waals surface area contributed by atoms with E-state index >= 15 is 0 Å².